The summed E-state index contributed by atoms with van der Waals surface area (Å²) < 4.78 is 16.0. The highest BCUT2D eigenvalue weighted by atomic mass is 79.9. The van der Waals surface area contributed by atoms with Gasteiger partial charge in [-0.15, -0.1) is 0 Å². The normalized spacial score (nSPS) is 21.2. The Kier molecular flexibility index (Phi) is 7.13. The highest BCUT2D eigenvalue weighted by Gasteiger charge is 2.65. The number of rotatable bonds is 5. The van der Waals surface area contributed by atoms with Gasteiger partial charge in [0.25, 0.3) is 0 Å². The molecule has 1 saturated heterocycles. The largest absolute Gasteiger partial charge is 0.467 e. The molecule has 2 heterocycles. The number of halogens is 1. The van der Waals surface area contributed by atoms with Crippen molar-refractivity contribution < 1.29 is 28.6 Å². The van der Waals surface area contributed by atoms with Crippen LogP contribution >= 0.6 is 15.9 Å². The van der Waals surface area contributed by atoms with E-state index in [-0.39, 0.29) is 25.6 Å². The standard InChI is InChI=1S/C35H29BrN2O6/c1-42-31(39)30-19-35(36)28-17-9-10-18-29(28)37(33(40)43-20-22-11-3-2-4-12-22)32(35)38(30)34(41)44-21-27-25-15-7-5-13-23(25)24-14-6-8-16-26(24)27/h2-18,27,30,32H,19-21H2,1H3/t30-,32-,35+/m0/s1. The molecular formula is C35H29BrN2O6. The Bertz CT molecular complexity index is 1720. The number of anilines is 1. The summed E-state index contributed by atoms with van der Waals surface area (Å²) in [5.74, 6) is -0.770. The van der Waals surface area contributed by atoms with Gasteiger partial charge < -0.3 is 14.2 Å². The Labute approximate surface area is 263 Å². The van der Waals surface area contributed by atoms with Crippen molar-refractivity contribution >= 4 is 39.8 Å². The molecule has 8 nitrogen and oxygen atoms in total. The third-order valence-electron chi connectivity index (χ3n) is 8.78. The monoisotopic (exact) mass is 652 g/mol. The Balaban J connectivity index is 1.21. The molecule has 0 unspecified atom stereocenters. The van der Waals surface area contributed by atoms with E-state index < -0.39 is 34.7 Å². The number of hydrogen-bond acceptors (Lipinski definition) is 6. The lowest BCUT2D eigenvalue weighted by atomic mass is 9.96. The lowest BCUT2D eigenvalue weighted by Crippen LogP contribution is -2.55. The number of methoxy groups -OCH3 is 1. The smallest absolute Gasteiger partial charge is 0.416 e. The molecule has 3 atom stereocenters. The summed E-state index contributed by atoms with van der Waals surface area (Å²) in [6.45, 7) is 0.108. The number of ether oxygens (including phenoxy) is 3. The third kappa shape index (κ3) is 4.45. The van der Waals surface area contributed by atoms with E-state index in [1.54, 1.807) is 0 Å². The number of amides is 2. The van der Waals surface area contributed by atoms with Crippen LogP contribution in [0.5, 0.6) is 0 Å². The zero-order valence-electron chi connectivity index (χ0n) is 23.9. The van der Waals surface area contributed by atoms with E-state index in [1.807, 2.05) is 91.0 Å². The Morgan fingerprint density at radius 3 is 2.09 bits per heavy atom. The SMILES string of the molecule is COC(=O)[C@@H]1C[C@@]2(Br)c3ccccc3N(C(=O)OCc3ccccc3)[C@H]2N1C(=O)OCC1c2ccccc2-c2ccccc21. The van der Waals surface area contributed by atoms with Gasteiger partial charge in [-0.25, -0.2) is 14.4 Å². The molecule has 7 rings (SSSR count). The first kappa shape index (κ1) is 28.2. The van der Waals surface area contributed by atoms with Gasteiger partial charge in [-0.1, -0.05) is 113 Å². The molecule has 0 radical (unpaired) electrons. The van der Waals surface area contributed by atoms with Crippen molar-refractivity contribution in [3.05, 3.63) is 125 Å². The molecule has 0 bridgehead atoms. The number of alkyl halides is 1. The van der Waals surface area contributed by atoms with Crippen molar-refractivity contribution in [1.29, 1.82) is 0 Å². The number of hydrogen-bond donors (Lipinski definition) is 0. The predicted molar refractivity (Wildman–Crippen MR) is 167 cm³/mol. The number of esters is 1. The molecule has 0 aromatic heterocycles. The van der Waals surface area contributed by atoms with Crippen LogP contribution < -0.4 is 4.90 Å². The lowest BCUT2D eigenvalue weighted by molar-refractivity contribution is -0.145. The first-order valence-electron chi connectivity index (χ1n) is 14.4. The summed E-state index contributed by atoms with van der Waals surface area (Å²) in [5, 5.41) is 0. The fourth-order valence-electron chi connectivity index (χ4n) is 6.84. The zero-order chi connectivity index (χ0) is 30.4. The maximum absolute atomic E-state index is 14.1. The van der Waals surface area contributed by atoms with Crippen LogP contribution in [0.15, 0.2) is 103 Å². The van der Waals surface area contributed by atoms with Crippen LogP contribution in [0.3, 0.4) is 0 Å². The Morgan fingerprint density at radius 2 is 1.41 bits per heavy atom. The molecule has 0 saturated carbocycles. The van der Waals surface area contributed by atoms with Gasteiger partial charge >= 0.3 is 18.2 Å². The molecule has 3 aliphatic rings. The molecule has 0 spiro atoms. The molecule has 0 N–H and O–H groups in total. The van der Waals surface area contributed by atoms with E-state index >= 15 is 0 Å². The van der Waals surface area contributed by atoms with E-state index in [9.17, 15) is 14.4 Å². The topological polar surface area (TPSA) is 85.4 Å². The Hall–Kier alpha value is -4.63. The predicted octanol–water partition coefficient (Wildman–Crippen LogP) is 6.96. The van der Waals surface area contributed by atoms with E-state index in [4.69, 9.17) is 14.2 Å². The maximum atomic E-state index is 14.1. The van der Waals surface area contributed by atoms with Gasteiger partial charge in [0.2, 0.25) is 0 Å². The quantitative estimate of drug-likeness (QED) is 0.132. The number of nitrogens with zero attached hydrogens (tertiary/aromatic N) is 2. The number of likely N-dealkylation sites (tertiary alicyclic amines) is 1. The van der Waals surface area contributed by atoms with E-state index in [2.05, 4.69) is 28.1 Å². The van der Waals surface area contributed by atoms with Crippen molar-refractivity contribution in [2.45, 2.75) is 35.5 Å². The summed E-state index contributed by atoms with van der Waals surface area (Å²) in [6, 6.07) is 31.9. The second kappa shape index (κ2) is 11.1. The van der Waals surface area contributed by atoms with Crippen molar-refractivity contribution in [3.8, 4) is 11.1 Å². The summed E-state index contributed by atoms with van der Waals surface area (Å²) in [5.41, 5.74) is 6.54. The summed E-state index contributed by atoms with van der Waals surface area (Å²) in [7, 11) is 1.28. The maximum Gasteiger partial charge on any atom is 0.416 e. The Morgan fingerprint density at radius 1 is 0.795 bits per heavy atom. The molecule has 44 heavy (non-hydrogen) atoms. The molecule has 2 aliphatic heterocycles. The van der Waals surface area contributed by atoms with Crippen LogP contribution in [0.1, 0.15) is 34.6 Å². The molecule has 2 amide bonds. The van der Waals surface area contributed by atoms with Crippen molar-refractivity contribution in [1.82, 2.24) is 4.90 Å². The average molecular weight is 654 g/mol. The average Bonchev–Trinajstić information content (AvgIpc) is 3.64. The summed E-state index contributed by atoms with van der Waals surface area (Å²) >= 11 is 3.88. The van der Waals surface area contributed by atoms with Crippen LogP contribution in [-0.4, -0.2) is 49.0 Å². The summed E-state index contributed by atoms with van der Waals surface area (Å²) in [4.78, 5) is 43.9. The summed E-state index contributed by atoms with van der Waals surface area (Å²) in [6.07, 6.45) is -2.13. The van der Waals surface area contributed by atoms with E-state index in [0.29, 0.717) is 5.69 Å². The van der Waals surface area contributed by atoms with Crippen LogP contribution in [0.25, 0.3) is 11.1 Å². The fraction of sp³-hybridized carbons (Fsp3) is 0.229. The zero-order valence-corrected chi connectivity index (χ0v) is 25.5. The first-order chi connectivity index (χ1) is 21.4. The van der Waals surface area contributed by atoms with Gasteiger partial charge in [0.15, 0.2) is 0 Å². The van der Waals surface area contributed by atoms with Crippen LogP contribution in [0.4, 0.5) is 15.3 Å². The van der Waals surface area contributed by atoms with Gasteiger partial charge in [0.05, 0.1) is 17.1 Å². The lowest BCUT2D eigenvalue weighted by Gasteiger charge is -2.35. The minimum absolute atomic E-state index is 0.0473. The minimum atomic E-state index is -1.00. The molecule has 9 heteroatoms. The van der Waals surface area contributed by atoms with E-state index in [1.165, 1.54) is 16.9 Å². The third-order valence-corrected chi connectivity index (χ3v) is 9.94. The number of carbonyl (C=O) groups is 3. The first-order valence-corrected chi connectivity index (χ1v) is 15.2. The molecule has 1 fully saturated rings. The molecule has 4 aromatic carbocycles. The van der Waals surface area contributed by atoms with Gasteiger partial charge in [-0.05, 0) is 39.4 Å². The molecule has 4 aromatic rings. The number of benzene rings is 4. The van der Waals surface area contributed by atoms with Crippen LogP contribution in [0.2, 0.25) is 0 Å². The van der Waals surface area contributed by atoms with Crippen molar-refractivity contribution in [2.75, 3.05) is 18.6 Å². The number of carbonyl (C=O) groups excluding carboxylic acids is 3. The molecule has 1 aliphatic carbocycles. The second-order valence-corrected chi connectivity index (χ2v) is 12.5. The minimum Gasteiger partial charge on any atom is -0.467 e. The number of para-hydroxylation sites is 1. The van der Waals surface area contributed by atoms with Gasteiger partial charge in [0, 0.05) is 12.3 Å². The number of fused-ring (bicyclic) bond motifs is 6. The fourth-order valence-corrected chi connectivity index (χ4v) is 7.90. The van der Waals surface area contributed by atoms with Crippen molar-refractivity contribution in [3.63, 3.8) is 0 Å². The van der Waals surface area contributed by atoms with Gasteiger partial charge in [0.1, 0.15) is 25.4 Å². The highest BCUT2D eigenvalue weighted by Crippen LogP contribution is 2.58. The molecular weight excluding hydrogens is 624 g/mol. The van der Waals surface area contributed by atoms with Crippen LogP contribution in [0, 0.1) is 0 Å². The second-order valence-electron chi connectivity index (χ2n) is 11.1. The van der Waals surface area contributed by atoms with Gasteiger partial charge in [-0.3, -0.25) is 9.80 Å². The van der Waals surface area contributed by atoms with Gasteiger partial charge in [-0.2, -0.15) is 0 Å². The van der Waals surface area contributed by atoms with Crippen molar-refractivity contribution in [2.24, 2.45) is 0 Å². The van der Waals surface area contributed by atoms with Crippen LogP contribution in [-0.2, 0) is 29.9 Å². The molecule has 222 valence electrons. The van der Waals surface area contributed by atoms with E-state index in [0.717, 1.165) is 33.4 Å². The highest BCUT2D eigenvalue weighted by molar-refractivity contribution is 9.09.